The van der Waals surface area contributed by atoms with Crippen molar-refractivity contribution in [2.24, 2.45) is 11.7 Å². The maximum absolute atomic E-state index is 10.6. The predicted octanol–water partition coefficient (Wildman–Crippen LogP) is 1.22. The third-order valence-corrected chi connectivity index (χ3v) is 1.90. The fourth-order valence-electron chi connectivity index (χ4n) is 1.20. The van der Waals surface area contributed by atoms with E-state index in [9.17, 15) is 4.79 Å². The van der Waals surface area contributed by atoms with Gasteiger partial charge in [0.05, 0.1) is 5.92 Å². The van der Waals surface area contributed by atoms with E-state index in [4.69, 9.17) is 10.8 Å². The zero-order valence-electron chi connectivity index (χ0n) is 7.21. The van der Waals surface area contributed by atoms with Gasteiger partial charge in [-0.1, -0.05) is 20.3 Å². The molecule has 0 amide bonds. The Bertz CT molecular complexity index is 125. The first kappa shape index (κ1) is 10.4. The van der Waals surface area contributed by atoms with Crippen LogP contribution in [-0.2, 0) is 4.79 Å². The lowest BCUT2D eigenvalue weighted by molar-refractivity contribution is -0.142. The summed E-state index contributed by atoms with van der Waals surface area (Å²) in [5, 5.41) is 8.69. The molecule has 0 saturated carbocycles. The van der Waals surface area contributed by atoms with E-state index < -0.39 is 5.97 Å². The van der Waals surface area contributed by atoms with Crippen LogP contribution < -0.4 is 5.73 Å². The number of carboxylic acids is 1. The highest BCUT2D eigenvalue weighted by Gasteiger charge is 2.21. The molecule has 0 fully saturated rings. The highest BCUT2D eigenvalue weighted by molar-refractivity contribution is 5.70. The summed E-state index contributed by atoms with van der Waals surface area (Å²) < 4.78 is 0. The first-order valence-corrected chi connectivity index (χ1v) is 4.11. The van der Waals surface area contributed by atoms with Crippen molar-refractivity contribution >= 4 is 5.97 Å². The van der Waals surface area contributed by atoms with Crippen LogP contribution in [-0.4, -0.2) is 17.1 Å². The number of hydrogen-bond acceptors (Lipinski definition) is 2. The molecule has 2 unspecified atom stereocenters. The van der Waals surface area contributed by atoms with Gasteiger partial charge in [-0.15, -0.1) is 0 Å². The molecule has 0 aromatic heterocycles. The van der Waals surface area contributed by atoms with Gasteiger partial charge in [-0.25, -0.2) is 0 Å². The Morgan fingerprint density at radius 3 is 2.36 bits per heavy atom. The maximum atomic E-state index is 10.6. The van der Waals surface area contributed by atoms with Crippen molar-refractivity contribution in [3.05, 3.63) is 0 Å². The normalized spacial score (nSPS) is 15.9. The summed E-state index contributed by atoms with van der Waals surface area (Å²) in [4.78, 5) is 10.6. The van der Waals surface area contributed by atoms with E-state index >= 15 is 0 Å². The Kier molecular flexibility index (Phi) is 4.86. The molecule has 0 aromatic carbocycles. The SMILES string of the molecule is CCCC(N)C(CC)C(=O)O. The fourth-order valence-corrected chi connectivity index (χ4v) is 1.20. The quantitative estimate of drug-likeness (QED) is 0.634. The molecule has 0 aliphatic rings. The minimum atomic E-state index is -0.770. The smallest absolute Gasteiger partial charge is 0.308 e. The van der Waals surface area contributed by atoms with E-state index in [1.807, 2.05) is 13.8 Å². The number of carboxylic acid groups (broad SMARTS) is 1. The minimum absolute atomic E-state index is 0.178. The van der Waals surface area contributed by atoms with Gasteiger partial charge in [0.1, 0.15) is 0 Å². The van der Waals surface area contributed by atoms with Crippen LogP contribution in [0.5, 0.6) is 0 Å². The molecule has 2 atom stereocenters. The average molecular weight is 159 g/mol. The molecular formula is C8H17NO2. The summed E-state index contributed by atoms with van der Waals surface area (Å²) in [6.07, 6.45) is 2.37. The van der Waals surface area contributed by atoms with Gasteiger partial charge in [-0.3, -0.25) is 4.79 Å². The Balaban J connectivity index is 3.91. The van der Waals surface area contributed by atoms with E-state index in [0.717, 1.165) is 12.8 Å². The third-order valence-electron chi connectivity index (χ3n) is 1.90. The lowest BCUT2D eigenvalue weighted by Gasteiger charge is -2.17. The van der Waals surface area contributed by atoms with Gasteiger partial charge < -0.3 is 10.8 Å². The van der Waals surface area contributed by atoms with Crippen LogP contribution in [0.4, 0.5) is 0 Å². The summed E-state index contributed by atoms with van der Waals surface area (Å²) in [7, 11) is 0. The molecule has 11 heavy (non-hydrogen) atoms. The molecule has 0 aromatic rings. The Morgan fingerprint density at radius 2 is 2.09 bits per heavy atom. The van der Waals surface area contributed by atoms with Gasteiger partial charge in [0.2, 0.25) is 0 Å². The van der Waals surface area contributed by atoms with Crippen LogP contribution in [0.15, 0.2) is 0 Å². The van der Waals surface area contributed by atoms with Crippen LogP contribution >= 0.6 is 0 Å². The Hall–Kier alpha value is -0.570. The molecule has 0 bridgehead atoms. The summed E-state index contributed by atoms with van der Waals surface area (Å²) in [6.45, 7) is 3.86. The molecule has 0 saturated heterocycles. The molecule has 0 radical (unpaired) electrons. The van der Waals surface area contributed by atoms with Crippen molar-refractivity contribution in [3.8, 4) is 0 Å². The zero-order valence-corrected chi connectivity index (χ0v) is 7.21. The van der Waals surface area contributed by atoms with Gasteiger partial charge in [0.25, 0.3) is 0 Å². The number of carbonyl (C=O) groups is 1. The molecule has 0 spiro atoms. The largest absolute Gasteiger partial charge is 0.481 e. The second kappa shape index (κ2) is 5.13. The first-order chi connectivity index (χ1) is 5.13. The second-order valence-corrected chi connectivity index (χ2v) is 2.81. The molecule has 3 N–H and O–H groups in total. The lowest BCUT2D eigenvalue weighted by atomic mass is 9.94. The van der Waals surface area contributed by atoms with Crippen molar-refractivity contribution in [1.29, 1.82) is 0 Å². The van der Waals surface area contributed by atoms with Crippen molar-refractivity contribution in [1.82, 2.24) is 0 Å². The van der Waals surface area contributed by atoms with Gasteiger partial charge >= 0.3 is 5.97 Å². The van der Waals surface area contributed by atoms with Crippen LogP contribution in [0, 0.1) is 5.92 Å². The van der Waals surface area contributed by atoms with E-state index in [1.165, 1.54) is 0 Å². The van der Waals surface area contributed by atoms with Gasteiger partial charge in [-0.05, 0) is 12.8 Å². The fraction of sp³-hybridized carbons (Fsp3) is 0.875. The van der Waals surface area contributed by atoms with Crippen molar-refractivity contribution in [2.45, 2.75) is 39.2 Å². The van der Waals surface area contributed by atoms with Crippen LogP contribution in [0.25, 0.3) is 0 Å². The van der Waals surface area contributed by atoms with E-state index in [2.05, 4.69) is 0 Å². The molecule has 3 nitrogen and oxygen atoms in total. The van der Waals surface area contributed by atoms with E-state index in [0.29, 0.717) is 6.42 Å². The molecule has 66 valence electrons. The number of nitrogens with two attached hydrogens (primary N) is 1. The molecule has 0 rings (SSSR count). The number of rotatable bonds is 5. The Morgan fingerprint density at radius 1 is 1.55 bits per heavy atom. The molecule has 0 aliphatic carbocycles. The summed E-state index contributed by atoms with van der Waals surface area (Å²) in [5.41, 5.74) is 5.66. The predicted molar refractivity (Wildman–Crippen MR) is 44.3 cm³/mol. The number of aliphatic carboxylic acids is 1. The van der Waals surface area contributed by atoms with E-state index in [1.54, 1.807) is 0 Å². The maximum Gasteiger partial charge on any atom is 0.308 e. The highest BCUT2D eigenvalue weighted by atomic mass is 16.4. The van der Waals surface area contributed by atoms with Gasteiger partial charge in [0, 0.05) is 6.04 Å². The molecule has 3 heteroatoms. The van der Waals surface area contributed by atoms with Crippen molar-refractivity contribution in [3.63, 3.8) is 0 Å². The van der Waals surface area contributed by atoms with Crippen molar-refractivity contribution < 1.29 is 9.90 Å². The lowest BCUT2D eigenvalue weighted by Crippen LogP contribution is -2.34. The first-order valence-electron chi connectivity index (χ1n) is 4.11. The third kappa shape index (κ3) is 3.37. The highest BCUT2D eigenvalue weighted by Crippen LogP contribution is 2.11. The molecule has 0 heterocycles. The summed E-state index contributed by atoms with van der Waals surface area (Å²) in [6, 6.07) is -0.178. The number of hydrogen-bond donors (Lipinski definition) is 2. The zero-order chi connectivity index (χ0) is 8.85. The molecular weight excluding hydrogens is 142 g/mol. The van der Waals surface area contributed by atoms with Crippen LogP contribution in [0.2, 0.25) is 0 Å². The van der Waals surface area contributed by atoms with Gasteiger partial charge in [0.15, 0.2) is 0 Å². The van der Waals surface area contributed by atoms with Crippen LogP contribution in [0.1, 0.15) is 33.1 Å². The minimum Gasteiger partial charge on any atom is -0.481 e. The standard InChI is InChI=1S/C8H17NO2/c1-3-5-7(9)6(4-2)8(10)11/h6-7H,3-5,9H2,1-2H3,(H,10,11). The monoisotopic (exact) mass is 159 g/mol. The van der Waals surface area contributed by atoms with Gasteiger partial charge in [-0.2, -0.15) is 0 Å². The van der Waals surface area contributed by atoms with Crippen LogP contribution in [0.3, 0.4) is 0 Å². The average Bonchev–Trinajstić information content (AvgIpc) is 1.88. The van der Waals surface area contributed by atoms with Crippen molar-refractivity contribution in [2.75, 3.05) is 0 Å². The van der Waals surface area contributed by atoms with E-state index in [-0.39, 0.29) is 12.0 Å². The summed E-state index contributed by atoms with van der Waals surface area (Å²) in [5.74, 6) is -1.14. The molecule has 0 aliphatic heterocycles. The summed E-state index contributed by atoms with van der Waals surface area (Å²) >= 11 is 0. The topological polar surface area (TPSA) is 63.3 Å². The second-order valence-electron chi connectivity index (χ2n) is 2.81. The Labute approximate surface area is 67.6 Å².